The summed E-state index contributed by atoms with van der Waals surface area (Å²) in [6, 6.07) is 0. The molecule has 0 heterocycles. The highest BCUT2D eigenvalue weighted by Crippen LogP contribution is 1.97. The summed E-state index contributed by atoms with van der Waals surface area (Å²) in [6.07, 6.45) is 2.58. The third-order valence-electron chi connectivity index (χ3n) is 1.60. The van der Waals surface area contributed by atoms with Crippen LogP contribution in [0.4, 0.5) is 0 Å². The van der Waals surface area contributed by atoms with Crippen molar-refractivity contribution in [3.05, 3.63) is 12.2 Å². The van der Waals surface area contributed by atoms with Crippen LogP contribution in [0, 0.1) is 0 Å². The maximum Gasteiger partial charge on any atom is 0.331 e. The molecule has 0 amide bonds. The SMILES string of the molecule is CCC(C)OC(=O)C=CC(=O)OC(C)C. The molecule has 0 fully saturated rings. The summed E-state index contributed by atoms with van der Waals surface area (Å²) in [5.41, 5.74) is 0. The molecule has 0 aliphatic heterocycles. The van der Waals surface area contributed by atoms with Crippen molar-refractivity contribution in [2.45, 2.75) is 46.3 Å². The highest BCUT2D eigenvalue weighted by atomic mass is 16.5. The van der Waals surface area contributed by atoms with Crippen LogP contribution in [0.15, 0.2) is 12.2 Å². The minimum Gasteiger partial charge on any atom is -0.460 e. The molecule has 0 rings (SSSR count). The summed E-state index contributed by atoms with van der Waals surface area (Å²) in [5.74, 6) is -1.06. The Balaban J connectivity index is 3.95. The maximum absolute atomic E-state index is 11.1. The molecule has 0 aromatic rings. The van der Waals surface area contributed by atoms with Gasteiger partial charge in [0, 0.05) is 12.2 Å². The lowest BCUT2D eigenvalue weighted by Crippen LogP contribution is -2.13. The molecule has 1 unspecified atom stereocenters. The molecule has 0 aliphatic carbocycles. The predicted octanol–water partition coefficient (Wildman–Crippen LogP) is 1.84. The van der Waals surface area contributed by atoms with Gasteiger partial charge in [0.2, 0.25) is 0 Å². The van der Waals surface area contributed by atoms with E-state index in [-0.39, 0.29) is 12.2 Å². The van der Waals surface area contributed by atoms with Gasteiger partial charge in [-0.05, 0) is 27.2 Å². The van der Waals surface area contributed by atoms with E-state index in [1.807, 2.05) is 6.92 Å². The van der Waals surface area contributed by atoms with E-state index in [9.17, 15) is 9.59 Å². The minimum absolute atomic E-state index is 0.136. The predicted molar refractivity (Wildman–Crippen MR) is 56.2 cm³/mol. The molecule has 4 nitrogen and oxygen atoms in total. The average Bonchev–Trinajstić information content (AvgIpc) is 2.13. The zero-order chi connectivity index (χ0) is 11.8. The summed E-state index contributed by atoms with van der Waals surface area (Å²) in [4.78, 5) is 22.1. The Morgan fingerprint density at radius 1 is 1.07 bits per heavy atom. The quantitative estimate of drug-likeness (QED) is 0.517. The van der Waals surface area contributed by atoms with E-state index in [2.05, 4.69) is 0 Å². The van der Waals surface area contributed by atoms with Crippen molar-refractivity contribution in [1.82, 2.24) is 0 Å². The van der Waals surface area contributed by atoms with Crippen LogP contribution >= 0.6 is 0 Å². The normalized spacial score (nSPS) is 12.9. The molecular weight excluding hydrogens is 196 g/mol. The molecule has 0 bridgehead atoms. The Bertz CT molecular complexity index is 243. The fourth-order valence-corrected chi connectivity index (χ4v) is 0.729. The summed E-state index contributed by atoms with van der Waals surface area (Å²) in [5, 5.41) is 0. The van der Waals surface area contributed by atoms with Crippen molar-refractivity contribution < 1.29 is 19.1 Å². The van der Waals surface area contributed by atoms with Gasteiger partial charge in [-0.2, -0.15) is 0 Å². The van der Waals surface area contributed by atoms with E-state index in [0.717, 1.165) is 18.6 Å². The highest BCUT2D eigenvalue weighted by molar-refractivity contribution is 5.91. The van der Waals surface area contributed by atoms with Gasteiger partial charge in [0.05, 0.1) is 12.2 Å². The lowest BCUT2D eigenvalue weighted by atomic mass is 10.3. The zero-order valence-corrected chi connectivity index (χ0v) is 9.65. The Morgan fingerprint density at radius 2 is 1.53 bits per heavy atom. The monoisotopic (exact) mass is 214 g/mol. The van der Waals surface area contributed by atoms with Crippen LogP contribution in [0.5, 0.6) is 0 Å². The van der Waals surface area contributed by atoms with Crippen LogP contribution < -0.4 is 0 Å². The molecule has 0 N–H and O–H groups in total. The molecule has 0 aliphatic rings. The van der Waals surface area contributed by atoms with Gasteiger partial charge in [0.25, 0.3) is 0 Å². The lowest BCUT2D eigenvalue weighted by molar-refractivity contribution is -0.144. The van der Waals surface area contributed by atoms with Crippen molar-refractivity contribution in [3.8, 4) is 0 Å². The molecule has 15 heavy (non-hydrogen) atoms. The first-order valence-electron chi connectivity index (χ1n) is 5.05. The molecule has 0 aromatic heterocycles. The number of hydrogen-bond donors (Lipinski definition) is 0. The molecule has 4 heteroatoms. The van der Waals surface area contributed by atoms with Crippen LogP contribution in [0.1, 0.15) is 34.1 Å². The highest BCUT2D eigenvalue weighted by Gasteiger charge is 2.05. The van der Waals surface area contributed by atoms with Gasteiger partial charge in [-0.1, -0.05) is 6.92 Å². The van der Waals surface area contributed by atoms with E-state index in [4.69, 9.17) is 9.47 Å². The van der Waals surface area contributed by atoms with Crippen molar-refractivity contribution in [2.24, 2.45) is 0 Å². The van der Waals surface area contributed by atoms with Crippen molar-refractivity contribution in [1.29, 1.82) is 0 Å². The number of hydrogen-bond acceptors (Lipinski definition) is 4. The molecule has 0 radical (unpaired) electrons. The molecule has 0 saturated heterocycles. The van der Waals surface area contributed by atoms with E-state index >= 15 is 0 Å². The Hall–Kier alpha value is -1.32. The summed E-state index contributed by atoms with van der Waals surface area (Å²) in [6.45, 7) is 7.18. The van der Waals surface area contributed by atoms with Crippen molar-refractivity contribution in [2.75, 3.05) is 0 Å². The number of carbonyl (C=O) groups excluding carboxylic acids is 2. The van der Waals surface area contributed by atoms with Gasteiger partial charge in [-0.25, -0.2) is 9.59 Å². The van der Waals surface area contributed by atoms with Gasteiger partial charge in [0.1, 0.15) is 0 Å². The number of rotatable bonds is 5. The van der Waals surface area contributed by atoms with E-state index in [0.29, 0.717) is 0 Å². The van der Waals surface area contributed by atoms with Crippen LogP contribution in [0.25, 0.3) is 0 Å². The van der Waals surface area contributed by atoms with Crippen LogP contribution in [0.3, 0.4) is 0 Å². The second-order valence-corrected chi connectivity index (χ2v) is 3.47. The van der Waals surface area contributed by atoms with Gasteiger partial charge in [-0.3, -0.25) is 0 Å². The van der Waals surface area contributed by atoms with Crippen molar-refractivity contribution in [3.63, 3.8) is 0 Å². The van der Waals surface area contributed by atoms with E-state index in [1.165, 1.54) is 0 Å². The standard InChI is InChI=1S/C11H18O4/c1-5-9(4)15-11(13)7-6-10(12)14-8(2)3/h6-9H,5H2,1-4H3. The molecular formula is C11H18O4. The molecule has 0 spiro atoms. The first-order valence-corrected chi connectivity index (χ1v) is 5.05. The third-order valence-corrected chi connectivity index (χ3v) is 1.60. The molecule has 86 valence electrons. The lowest BCUT2D eigenvalue weighted by Gasteiger charge is -2.08. The smallest absolute Gasteiger partial charge is 0.331 e. The van der Waals surface area contributed by atoms with Gasteiger partial charge in [-0.15, -0.1) is 0 Å². The first kappa shape index (κ1) is 13.7. The van der Waals surface area contributed by atoms with E-state index < -0.39 is 11.9 Å². The average molecular weight is 214 g/mol. The largest absolute Gasteiger partial charge is 0.460 e. The number of carbonyl (C=O) groups is 2. The Morgan fingerprint density at radius 3 is 1.93 bits per heavy atom. The summed E-state index contributed by atoms with van der Waals surface area (Å²) in [7, 11) is 0. The summed E-state index contributed by atoms with van der Waals surface area (Å²) >= 11 is 0. The first-order chi connectivity index (χ1) is 6.95. The topological polar surface area (TPSA) is 52.6 Å². The van der Waals surface area contributed by atoms with Crippen LogP contribution in [-0.2, 0) is 19.1 Å². The van der Waals surface area contributed by atoms with Gasteiger partial charge < -0.3 is 9.47 Å². The fourth-order valence-electron chi connectivity index (χ4n) is 0.729. The van der Waals surface area contributed by atoms with Gasteiger partial charge >= 0.3 is 11.9 Å². The zero-order valence-electron chi connectivity index (χ0n) is 9.65. The fraction of sp³-hybridized carbons (Fsp3) is 0.636. The minimum atomic E-state index is -0.536. The van der Waals surface area contributed by atoms with Crippen LogP contribution in [-0.4, -0.2) is 24.1 Å². The second kappa shape index (κ2) is 7.04. The Labute approximate surface area is 90.2 Å². The van der Waals surface area contributed by atoms with E-state index in [1.54, 1.807) is 20.8 Å². The van der Waals surface area contributed by atoms with Gasteiger partial charge in [0.15, 0.2) is 0 Å². The molecule has 0 aromatic carbocycles. The second-order valence-electron chi connectivity index (χ2n) is 3.47. The molecule has 1 atom stereocenters. The number of esters is 2. The molecule has 0 saturated carbocycles. The third kappa shape index (κ3) is 7.73. The number of ether oxygens (including phenoxy) is 2. The van der Waals surface area contributed by atoms with Crippen molar-refractivity contribution >= 4 is 11.9 Å². The van der Waals surface area contributed by atoms with Crippen LogP contribution in [0.2, 0.25) is 0 Å². The maximum atomic E-state index is 11.1. The summed E-state index contributed by atoms with van der Waals surface area (Å²) < 4.78 is 9.72. The Kier molecular flexibility index (Phi) is 6.42.